The largest absolute Gasteiger partial charge is 0.496 e. The Kier molecular flexibility index (Phi) is 7.82. The Bertz CT molecular complexity index is 1690. The number of ketones is 1. The van der Waals surface area contributed by atoms with E-state index in [1.807, 2.05) is 24.0 Å². The topological polar surface area (TPSA) is 135 Å². The van der Waals surface area contributed by atoms with Gasteiger partial charge in [-0.15, -0.1) is 11.3 Å². The molecule has 0 aliphatic carbocycles. The van der Waals surface area contributed by atoms with Gasteiger partial charge in [-0.2, -0.15) is 0 Å². The lowest BCUT2D eigenvalue weighted by atomic mass is 10.0. The minimum absolute atomic E-state index is 0.0289. The number of anilines is 1. The van der Waals surface area contributed by atoms with E-state index < -0.39 is 21.9 Å². The van der Waals surface area contributed by atoms with Gasteiger partial charge in [0.2, 0.25) is 10.0 Å². The minimum atomic E-state index is -3.46. The maximum Gasteiger partial charge on any atom is 0.209 e. The Balaban J connectivity index is 1.52. The predicted molar refractivity (Wildman–Crippen MR) is 151 cm³/mol. The number of carbonyl (C=O) groups is 1. The van der Waals surface area contributed by atoms with Crippen molar-refractivity contribution in [2.45, 2.75) is 31.8 Å². The second kappa shape index (κ2) is 11.2. The Morgan fingerprint density at radius 2 is 2.05 bits per heavy atom. The van der Waals surface area contributed by atoms with Gasteiger partial charge < -0.3 is 14.7 Å². The van der Waals surface area contributed by atoms with E-state index in [0.29, 0.717) is 29.7 Å². The number of aliphatic hydroxyl groups is 1. The fourth-order valence-corrected chi connectivity index (χ4v) is 6.74. The number of aromatic nitrogens is 3. The zero-order valence-corrected chi connectivity index (χ0v) is 23.7. The molecule has 5 rings (SSSR count). The molecular weight excluding hydrogens is 557 g/mol. The molecule has 40 heavy (non-hydrogen) atoms. The number of carbonyl (C=O) groups excluding carboxylic acids is 1. The number of rotatable bonds is 9. The van der Waals surface area contributed by atoms with Crippen molar-refractivity contribution in [3.8, 4) is 17.1 Å². The molecule has 2 N–H and O–H groups in total. The number of methoxy groups -OCH3 is 1. The molecule has 0 radical (unpaired) electrons. The smallest absolute Gasteiger partial charge is 0.209 e. The van der Waals surface area contributed by atoms with Crippen LogP contribution in [-0.4, -0.2) is 72.9 Å². The predicted octanol–water partition coefficient (Wildman–Crippen LogP) is 3.12. The van der Waals surface area contributed by atoms with Crippen molar-refractivity contribution in [2.75, 3.05) is 31.4 Å². The molecule has 1 aliphatic rings. The molecular formula is C27H28FN5O5S2. The number of benzene rings is 2. The first-order chi connectivity index (χ1) is 19.1. The fraction of sp³-hybridized carbons (Fsp3) is 0.333. The fourth-order valence-electron chi connectivity index (χ4n) is 5.14. The molecule has 0 bridgehead atoms. The Hall–Kier alpha value is -3.52. The van der Waals surface area contributed by atoms with Crippen molar-refractivity contribution in [2.24, 2.45) is 0 Å². The number of hydrogen-bond donors (Lipinski definition) is 2. The van der Waals surface area contributed by atoms with E-state index in [1.165, 1.54) is 42.8 Å². The van der Waals surface area contributed by atoms with Crippen LogP contribution in [0.2, 0.25) is 0 Å². The van der Waals surface area contributed by atoms with Crippen LogP contribution in [0, 0.1) is 12.7 Å². The van der Waals surface area contributed by atoms with Crippen molar-refractivity contribution in [1.29, 1.82) is 0 Å². The Morgan fingerprint density at radius 1 is 1.25 bits per heavy atom. The summed E-state index contributed by atoms with van der Waals surface area (Å²) in [6.45, 7) is 1.99. The third-order valence-electron chi connectivity index (χ3n) is 6.73. The standard InChI is InChI=1S/C27H28FN5O5S2/c1-15-30-25-23(39-15)8-7-16(26(25)33-13-17(12-18(33)14-34)32-40(3,36)37)11-21(35)20-9-10-29-27(31-20)24-19(28)5-4-6-22(24)38-2/h4-10,17-18,32,34H,11-14H2,1-3H3/t17-,18+/m1/s1. The molecule has 10 nitrogen and oxygen atoms in total. The molecule has 210 valence electrons. The third-order valence-corrected chi connectivity index (χ3v) is 8.43. The number of Topliss-reactive ketones (excluding diaryl/α,β-unsaturated/α-hetero) is 1. The van der Waals surface area contributed by atoms with Gasteiger partial charge >= 0.3 is 0 Å². The third kappa shape index (κ3) is 5.68. The number of aryl methyl sites for hydroxylation is 1. The maximum atomic E-state index is 14.7. The molecule has 1 saturated heterocycles. The van der Waals surface area contributed by atoms with E-state index in [9.17, 15) is 22.7 Å². The highest BCUT2D eigenvalue weighted by molar-refractivity contribution is 7.88. The number of ether oxygens (including phenoxy) is 1. The normalized spacial score (nSPS) is 17.5. The molecule has 4 aromatic rings. The van der Waals surface area contributed by atoms with Crippen molar-refractivity contribution in [3.63, 3.8) is 0 Å². The number of aliphatic hydroxyl groups excluding tert-OH is 1. The van der Waals surface area contributed by atoms with Crippen molar-refractivity contribution in [3.05, 3.63) is 64.7 Å². The van der Waals surface area contributed by atoms with Crippen LogP contribution in [0.15, 0.2) is 42.6 Å². The second-order valence-electron chi connectivity index (χ2n) is 9.65. The zero-order valence-electron chi connectivity index (χ0n) is 22.1. The van der Waals surface area contributed by atoms with Crippen LogP contribution in [0.5, 0.6) is 5.75 Å². The van der Waals surface area contributed by atoms with Gasteiger partial charge in [-0.3, -0.25) is 4.79 Å². The number of sulfonamides is 1. The summed E-state index contributed by atoms with van der Waals surface area (Å²) in [5.74, 6) is -0.618. The Morgan fingerprint density at radius 3 is 2.77 bits per heavy atom. The molecule has 0 amide bonds. The molecule has 2 atom stereocenters. The van der Waals surface area contributed by atoms with Crippen molar-refractivity contribution in [1.82, 2.24) is 19.7 Å². The van der Waals surface area contributed by atoms with Crippen molar-refractivity contribution >= 4 is 43.0 Å². The molecule has 0 spiro atoms. The van der Waals surface area contributed by atoms with Crippen LogP contribution in [0.3, 0.4) is 0 Å². The summed E-state index contributed by atoms with van der Waals surface area (Å²) in [6, 6.07) is 8.81. The number of nitrogens with zero attached hydrogens (tertiary/aromatic N) is 4. The summed E-state index contributed by atoms with van der Waals surface area (Å²) in [5, 5.41) is 11.0. The highest BCUT2D eigenvalue weighted by atomic mass is 32.2. The first-order valence-electron chi connectivity index (χ1n) is 12.5. The van der Waals surface area contributed by atoms with Gasteiger partial charge in [0.25, 0.3) is 0 Å². The summed E-state index contributed by atoms with van der Waals surface area (Å²) in [4.78, 5) is 28.7. The molecule has 2 aromatic carbocycles. The summed E-state index contributed by atoms with van der Waals surface area (Å²) >= 11 is 1.51. The second-order valence-corrected chi connectivity index (χ2v) is 12.7. The van der Waals surface area contributed by atoms with E-state index in [0.717, 1.165) is 16.0 Å². The Labute approximate surface area is 234 Å². The van der Waals surface area contributed by atoms with Crippen LogP contribution in [0.4, 0.5) is 10.1 Å². The van der Waals surface area contributed by atoms with Crippen LogP contribution < -0.4 is 14.4 Å². The lowest BCUT2D eigenvalue weighted by Gasteiger charge is -2.28. The van der Waals surface area contributed by atoms with Crippen LogP contribution in [0.1, 0.15) is 27.5 Å². The van der Waals surface area contributed by atoms with Gasteiger partial charge in [0.05, 0.1) is 47.0 Å². The lowest BCUT2D eigenvalue weighted by molar-refractivity contribution is 0.0988. The lowest BCUT2D eigenvalue weighted by Crippen LogP contribution is -2.37. The van der Waals surface area contributed by atoms with E-state index in [1.54, 1.807) is 6.07 Å². The van der Waals surface area contributed by atoms with Crippen LogP contribution in [0.25, 0.3) is 21.6 Å². The van der Waals surface area contributed by atoms with Gasteiger partial charge in [-0.1, -0.05) is 12.1 Å². The van der Waals surface area contributed by atoms with Gasteiger partial charge in [-0.05, 0) is 43.2 Å². The molecule has 1 fully saturated rings. The van der Waals surface area contributed by atoms with Crippen molar-refractivity contribution < 1.29 is 27.4 Å². The van der Waals surface area contributed by atoms with Gasteiger partial charge in [0, 0.05) is 25.2 Å². The number of hydrogen-bond acceptors (Lipinski definition) is 10. The summed E-state index contributed by atoms with van der Waals surface area (Å²) < 4.78 is 47.3. The average Bonchev–Trinajstić information content (AvgIpc) is 3.49. The van der Waals surface area contributed by atoms with Gasteiger partial charge in [-0.25, -0.2) is 32.5 Å². The van der Waals surface area contributed by atoms with Gasteiger partial charge in [0.1, 0.15) is 22.8 Å². The number of nitrogens with one attached hydrogen (secondary N) is 1. The summed E-state index contributed by atoms with van der Waals surface area (Å²) in [6.07, 6.45) is 2.85. The minimum Gasteiger partial charge on any atom is -0.496 e. The van der Waals surface area contributed by atoms with Crippen LogP contribution in [-0.2, 0) is 16.4 Å². The van der Waals surface area contributed by atoms with Gasteiger partial charge in [0.15, 0.2) is 11.6 Å². The quantitative estimate of drug-likeness (QED) is 0.284. The molecule has 2 aromatic heterocycles. The number of halogens is 1. The molecule has 3 heterocycles. The molecule has 0 unspecified atom stereocenters. The average molecular weight is 586 g/mol. The molecule has 1 aliphatic heterocycles. The highest BCUT2D eigenvalue weighted by Gasteiger charge is 2.36. The molecule has 0 saturated carbocycles. The monoisotopic (exact) mass is 585 g/mol. The maximum absolute atomic E-state index is 14.7. The number of fused-ring (bicyclic) bond motifs is 1. The van der Waals surface area contributed by atoms with E-state index in [4.69, 9.17) is 9.72 Å². The summed E-state index contributed by atoms with van der Waals surface area (Å²) in [5.41, 5.74) is 2.19. The van der Waals surface area contributed by atoms with E-state index >= 15 is 0 Å². The van der Waals surface area contributed by atoms with E-state index in [-0.39, 0.29) is 47.7 Å². The first-order valence-corrected chi connectivity index (χ1v) is 15.2. The summed E-state index contributed by atoms with van der Waals surface area (Å²) in [7, 11) is -2.04. The van der Waals surface area contributed by atoms with E-state index in [2.05, 4.69) is 14.7 Å². The number of thiazole rings is 1. The first kappa shape index (κ1) is 28.0. The highest BCUT2D eigenvalue weighted by Crippen LogP contribution is 2.38. The SMILES string of the molecule is COc1cccc(F)c1-c1nccc(C(=O)Cc2ccc3sc(C)nc3c2N2C[C@H](NS(C)(=O)=O)C[C@H]2CO)n1. The zero-order chi connectivity index (χ0) is 28.6. The molecule has 13 heteroatoms. The van der Waals surface area contributed by atoms with Crippen LogP contribution >= 0.6 is 11.3 Å².